The van der Waals surface area contributed by atoms with Crippen LogP contribution in [0.25, 0.3) is 0 Å². The highest BCUT2D eigenvalue weighted by Gasteiger charge is 1.81. The first-order valence-electron chi connectivity index (χ1n) is 2.88. The van der Waals surface area contributed by atoms with E-state index >= 15 is 0 Å². The molecule has 2 N–H and O–H groups in total. The lowest BCUT2D eigenvalue weighted by molar-refractivity contribution is 0.348. The van der Waals surface area contributed by atoms with Gasteiger partial charge < -0.3 is 10.5 Å². The average Bonchev–Trinajstić information content (AvgIpc) is 1.83. The van der Waals surface area contributed by atoms with Gasteiger partial charge in [0.05, 0.1) is 5.76 Å². The molecule has 0 rings (SSSR count). The van der Waals surface area contributed by atoms with Gasteiger partial charge in [-0.2, -0.15) is 0 Å². The maximum absolute atomic E-state index is 5.30. The highest BCUT2D eigenvalue weighted by Crippen LogP contribution is 1.95. The smallest absolute Gasteiger partial charge is 0.109 e. The zero-order valence-corrected chi connectivity index (χ0v) is 6.14. The van der Waals surface area contributed by atoms with Crippen molar-refractivity contribution in [3.63, 3.8) is 0 Å². The minimum atomic E-state index is 0.677. The monoisotopic (exact) mass is 127 g/mol. The third-order valence-electron chi connectivity index (χ3n) is 0.837. The highest BCUT2D eigenvalue weighted by atomic mass is 16.5. The molecule has 0 aliphatic rings. The van der Waals surface area contributed by atoms with Gasteiger partial charge in [-0.15, -0.1) is 0 Å². The molecule has 0 aliphatic heterocycles. The van der Waals surface area contributed by atoms with Crippen molar-refractivity contribution < 1.29 is 4.74 Å². The number of rotatable bonds is 2. The van der Waals surface area contributed by atoms with Crippen molar-refractivity contribution in [1.29, 1.82) is 0 Å². The third-order valence-corrected chi connectivity index (χ3v) is 0.837. The fourth-order valence-electron chi connectivity index (χ4n) is 0.254. The van der Waals surface area contributed by atoms with Crippen LogP contribution < -0.4 is 5.73 Å². The Morgan fingerprint density at radius 3 is 2.33 bits per heavy atom. The van der Waals surface area contributed by atoms with Crippen LogP contribution in [0.1, 0.15) is 20.8 Å². The van der Waals surface area contributed by atoms with Gasteiger partial charge in [0.25, 0.3) is 0 Å². The Morgan fingerprint density at radius 1 is 1.44 bits per heavy atom. The second-order valence-corrected chi connectivity index (χ2v) is 1.88. The van der Waals surface area contributed by atoms with Crippen molar-refractivity contribution >= 4 is 0 Å². The van der Waals surface area contributed by atoms with E-state index in [-0.39, 0.29) is 0 Å². The van der Waals surface area contributed by atoms with E-state index in [0.29, 0.717) is 5.70 Å². The van der Waals surface area contributed by atoms with Crippen molar-refractivity contribution in [1.82, 2.24) is 0 Å². The predicted octanol–water partition coefficient (Wildman–Crippen LogP) is 1.75. The normalized spacial score (nSPS) is 13.7. The Morgan fingerprint density at radius 2 is 2.00 bits per heavy atom. The van der Waals surface area contributed by atoms with Crippen LogP contribution in [0.4, 0.5) is 0 Å². The molecule has 0 aromatic carbocycles. The summed E-state index contributed by atoms with van der Waals surface area (Å²) >= 11 is 0. The fraction of sp³-hybridized carbons (Fsp3) is 0.429. The summed E-state index contributed by atoms with van der Waals surface area (Å²) in [5.41, 5.74) is 5.98. The highest BCUT2D eigenvalue weighted by molar-refractivity contribution is 4.92. The molecule has 0 fully saturated rings. The van der Waals surface area contributed by atoms with Gasteiger partial charge in [-0.3, -0.25) is 0 Å². The first-order chi connectivity index (χ1) is 4.16. The summed E-state index contributed by atoms with van der Waals surface area (Å²) in [6.07, 6.45) is 3.40. The minimum absolute atomic E-state index is 0.677. The van der Waals surface area contributed by atoms with Crippen molar-refractivity contribution in [2.75, 3.05) is 0 Å². The van der Waals surface area contributed by atoms with Crippen LogP contribution in [-0.4, -0.2) is 0 Å². The average molecular weight is 127 g/mol. The summed E-state index contributed by atoms with van der Waals surface area (Å²) in [6, 6.07) is 0. The summed E-state index contributed by atoms with van der Waals surface area (Å²) in [6.45, 7) is 5.57. The quantitative estimate of drug-likeness (QED) is 0.573. The fourth-order valence-corrected chi connectivity index (χ4v) is 0.254. The number of nitrogens with two attached hydrogens (primary N) is 1. The van der Waals surface area contributed by atoms with E-state index in [0.717, 1.165) is 5.76 Å². The SMILES string of the molecule is C/C=C(/C)O/C=C(/C)N. The molecule has 2 nitrogen and oxygen atoms in total. The van der Waals surface area contributed by atoms with Crippen LogP contribution in [0.5, 0.6) is 0 Å². The number of hydrogen-bond acceptors (Lipinski definition) is 2. The maximum Gasteiger partial charge on any atom is 0.109 e. The summed E-state index contributed by atoms with van der Waals surface area (Å²) in [5.74, 6) is 0.861. The first-order valence-corrected chi connectivity index (χ1v) is 2.88. The van der Waals surface area contributed by atoms with Gasteiger partial charge in [-0.25, -0.2) is 0 Å². The molecular formula is C7H13NO. The van der Waals surface area contributed by atoms with Gasteiger partial charge in [0.15, 0.2) is 0 Å². The molecule has 0 aromatic heterocycles. The molecule has 0 saturated carbocycles. The van der Waals surface area contributed by atoms with Gasteiger partial charge in [0, 0.05) is 5.70 Å². The molecule has 0 amide bonds. The standard InChI is InChI=1S/C7H13NO/c1-4-7(3)9-5-6(2)8/h4-5H,8H2,1-3H3/b6-5-,7-4-. The number of allylic oxidation sites excluding steroid dienone is 3. The van der Waals surface area contributed by atoms with E-state index < -0.39 is 0 Å². The largest absolute Gasteiger partial charge is 0.468 e. The third kappa shape index (κ3) is 4.94. The topological polar surface area (TPSA) is 35.2 Å². The van der Waals surface area contributed by atoms with Gasteiger partial charge in [0.1, 0.15) is 6.26 Å². The van der Waals surface area contributed by atoms with E-state index in [2.05, 4.69) is 0 Å². The summed E-state index contributed by atoms with van der Waals surface area (Å²) in [7, 11) is 0. The van der Waals surface area contributed by atoms with Crippen LogP contribution in [0, 0.1) is 0 Å². The van der Waals surface area contributed by atoms with E-state index in [1.807, 2.05) is 19.9 Å². The molecule has 0 heterocycles. The first kappa shape index (κ1) is 8.08. The molecule has 0 bridgehead atoms. The molecule has 0 aliphatic carbocycles. The Bertz CT molecular complexity index is 132. The Hall–Kier alpha value is -0.920. The van der Waals surface area contributed by atoms with Gasteiger partial charge in [0.2, 0.25) is 0 Å². The molecule has 2 heteroatoms. The minimum Gasteiger partial charge on any atom is -0.468 e. The van der Waals surface area contributed by atoms with E-state index in [1.54, 1.807) is 6.92 Å². The Balaban J connectivity index is 3.64. The van der Waals surface area contributed by atoms with Crippen LogP contribution in [-0.2, 0) is 4.74 Å². The van der Waals surface area contributed by atoms with Crippen molar-refractivity contribution in [3.05, 3.63) is 23.8 Å². The van der Waals surface area contributed by atoms with Crippen LogP contribution in [0.15, 0.2) is 23.8 Å². The lowest BCUT2D eigenvalue weighted by atomic mass is 10.5. The predicted molar refractivity (Wildman–Crippen MR) is 38.5 cm³/mol. The Kier molecular flexibility index (Phi) is 3.60. The van der Waals surface area contributed by atoms with Crippen molar-refractivity contribution in [2.45, 2.75) is 20.8 Å². The van der Waals surface area contributed by atoms with E-state index in [9.17, 15) is 0 Å². The molecule has 0 atom stereocenters. The van der Waals surface area contributed by atoms with E-state index in [4.69, 9.17) is 10.5 Å². The van der Waals surface area contributed by atoms with Crippen LogP contribution in [0.3, 0.4) is 0 Å². The number of ether oxygens (including phenoxy) is 1. The van der Waals surface area contributed by atoms with Crippen molar-refractivity contribution in [3.8, 4) is 0 Å². The summed E-state index contributed by atoms with van der Waals surface area (Å²) in [5, 5.41) is 0. The van der Waals surface area contributed by atoms with Crippen LogP contribution >= 0.6 is 0 Å². The Labute approximate surface area is 56.0 Å². The summed E-state index contributed by atoms with van der Waals surface area (Å²) < 4.78 is 5.03. The lowest BCUT2D eigenvalue weighted by Crippen LogP contribution is -1.91. The second kappa shape index (κ2) is 4.01. The van der Waals surface area contributed by atoms with Gasteiger partial charge in [-0.05, 0) is 26.8 Å². The maximum atomic E-state index is 5.30. The molecule has 0 saturated heterocycles. The second-order valence-electron chi connectivity index (χ2n) is 1.88. The zero-order valence-electron chi connectivity index (χ0n) is 6.14. The van der Waals surface area contributed by atoms with Gasteiger partial charge in [-0.1, -0.05) is 0 Å². The van der Waals surface area contributed by atoms with Crippen molar-refractivity contribution in [2.24, 2.45) is 5.73 Å². The zero-order chi connectivity index (χ0) is 7.28. The number of hydrogen-bond donors (Lipinski definition) is 1. The van der Waals surface area contributed by atoms with Gasteiger partial charge >= 0.3 is 0 Å². The van der Waals surface area contributed by atoms with Crippen LogP contribution in [0.2, 0.25) is 0 Å². The summed E-state index contributed by atoms with van der Waals surface area (Å²) in [4.78, 5) is 0. The molecule has 0 aromatic rings. The molecular weight excluding hydrogens is 114 g/mol. The molecule has 0 unspecified atom stereocenters. The van der Waals surface area contributed by atoms with E-state index in [1.165, 1.54) is 6.26 Å². The lowest BCUT2D eigenvalue weighted by Gasteiger charge is -1.97. The molecule has 52 valence electrons. The molecule has 9 heavy (non-hydrogen) atoms. The molecule has 0 radical (unpaired) electrons. The molecule has 0 spiro atoms.